The van der Waals surface area contributed by atoms with Crippen LogP contribution < -0.4 is 16.4 Å². The van der Waals surface area contributed by atoms with Gasteiger partial charge >= 0.3 is 29.4 Å². The van der Waals surface area contributed by atoms with Gasteiger partial charge in [-0.2, -0.15) is 4.31 Å². The Bertz CT molecular complexity index is 1850. The van der Waals surface area contributed by atoms with Crippen molar-refractivity contribution in [2.45, 2.75) is 77.6 Å². The lowest BCUT2D eigenvalue weighted by Crippen LogP contribution is -2.46. The molecule has 3 rings (SSSR count). The van der Waals surface area contributed by atoms with Gasteiger partial charge in [-0.1, -0.05) is 32.5 Å². The first-order chi connectivity index (χ1) is 26.3. The SMILES string of the molecule is CC(=O)SCCNC(=O)CCNC(=O)C(O)C(C)(C)COP(=O)(O)OP(=O)(O)OC[C@H]1O[C@@H](n2cnc3c(N)ncnc32)[C@H](O)[C@@H]1OP(=O)(O)O.CCCC(=O)O. The minimum atomic E-state index is -5.56. The number of phosphoric ester groups is 3. The van der Waals surface area contributed by atoms with E-state index in [0.29, 0.717) is 12.2 Å². The second kappa shape index (κ2) is 21.9. The van der Waals surface area contributed by atoms with E-state index in [-0.39, 0.29) is 41.6 Å². The molecule has 1 fully saturated rings. The molecule has 1 aliphatic heterocycles. The second-order valence-corrected chi connectivity index (χ2v) is 18.1. The summed E-state index contributed by atoms with van der Waals surface area (Å²) < 4.78 is 61.8. The molecule has 0 bridgehead atoms. The molecule has 0 saturated carbocycles. The minimum Gasteiger partial charge on any atom is -0.481 e. The highest BCUT2D eigenvalue weighted by atomic mass is 32.2. The summed E-state index contributed by atoms with van der Waals surface area (Å²) >= 11 is 1.03. The molecule has 57 heavy (non-hydrogen) atoms. The Labute approximate surface area is 328 Å². The van der Waals surface area contributed by atoms with Gasteiger partial charge in [-0.05, 0) is 6.42 Å². The topological polar surface area (TPSA) is 401 Å². The molecule has 7 atom stereocenters. The number of thioether (sulfide) groups is 1. The number of rotatable bonds is 21. The number of phosphoric acid groups is 3. The fourth-order valence-electron chi connectivity index (χ4n) is 4.54. The Hall–Kier alpha value is -2.97. The smallest absolute Gasteiger partial charge is 0.481 e. The molecule has 30 heteroatoms. The Morgan fingerprint density at radius 1 is 1.04 bits per heavy atom. The minimum absolute atomic E-state index is 0.0310. The Balaban J connectivity index is 0.00000173. The van der Waals surface area contributed by atoms with E-state index in [9.17, 15) is 62.7 Å². The van der Waals surface area contributed by atoms with E-state index in [1.54, 1.807) is 0 Å². The summed E-state index contributed by atoms with van der Waals surface area (Å²) in [4.78, 5) is 95.5. The largest absolute Gasteiger partial charge is 0.481 e. The van der Waals surface area contributed by atoms with Crippen LogP contribution in [0.1, 0.15) is 53.2 Å². The van der Waals surface area contributed by atoms with Crippen LogP contribution in [0.25, 0.3) is 11.2 Å². The van der Waals surface area contributed by atoms with Gasteiger partial charge in [-0.25, -0.2) is 28.6 Å². The van der Waals surface area contributed by atoms with Crippen LogP contribution in [0.15, 0.2) is 12.7 Å². The number of carboxylic acid groups (broad SMARTS) is 1. The summed E-state index contributed by atoms with van der Waals surface area (Å²) in [5.74, 6) is -1.80. The summed E-state index contributed by atoms with van der Waals surface area (Å²) in [6.07, 6.45) is -5.86. The number of carboxylic acids is 1. The van der Waals surface area contributed by atoms with Gasteiger partial charge in [0, 0.05) is 44.0 Å². The predicted octanol–water partition coefficient (Wildman–Crippen LogP) is -0.444. The highest BCUT2D eigenvalue weighted by Crippen LogP contribution is 2.61. The van der Waals surface area contributed by atoms with Gasteiger partial charge in [0.1, 0.15) is 36.3 Å². The van der Waals surface area contributed by atoms with Gasteiger partial charge < -0.3 is 56.0 Å². The van der Waals surface area contributed by atoms with E-state index in [4.69, 9.17) is 24.6 Å². The molecule has 1 aliphatic rings. The number of hydrogen-bond acceptors (Lipinski definition) is 19. The summed E-state index contributed by atoms with van der Waals surface area (Å²) in [5, 5.41) is 34.0. The monoisotopic (exact) mass is 897 g/mol. The molecule has 3 unspecified atom stereocenters. The highest BCUT2D eigenvalue weighted by molar-refractivity contribution is 8.13. The zero-order chi connectivity index (χ0) is 43.4. The quantitative estimate of drug-likeness (QED) is 0.0560. The molecule has 1 saturated heterocycles. The van der Waals surface area contributed by atoms with Gasteiger partial charge in [-0.3, -0.25) is 37.3 Å². The number of fused-ring (bicyclic) bond motifs is 1. The molecule has 0 aliphatic carbocycles. The van der Waals surface area contributed by atoms with Crippen molar-refractivity contribution in [2.24, 2.45) is 5.41 Å². The number of nitrogens with one attached hydrogen (secondary N) is 2. The molecule has 324 valence electrons. The van der Waals surface area contributed by atoms with Gasteiger partial charge in [0.15, 0.2) is 22.8 Å². The third kappa shape index (κ3) is 17.0. The van der Waals surface area contributed by atoms with Crippen molar-refractivity contribution in [1.29, 1.82) is 0 Å². The number of hydrogen-bond donors (Lipinski definition) is 10. The van der Waals surface area contributed by atoms with Crippen LogP contribution in [0.2, 0.25) is 0 Å². The second-order valence-electron chi connectivity index (χ2n) is 12.6. The molecule has 0 aromatic carbocycles. The normalized spacial score (nSPS) is 21.1. The van der Waals surface area contributed by atoms with Crippen molar-refractivity contribution >= 4 is 75.1 Å². The van der Waals surface area contributed by atoms with Crippen molar-refractivity contribution in [3.63, 3.8) is 0 Å². The number of aliphatic hydroxyl groups excluding tert-OH is 2. The fraction of sp³-hybridized carbons (Fsp3) is 0.667. The summed E-state index contributed by atoms with van der Waals surface area (Å²) in [6.45, 7) is 3.74. The van der Waals surface area contributed by atoms with Gasteiger partial charge in [0.25, 0.3) is 0 Å². The lowest BCUT2D eigenvalue weighted by atomic mass is 9.87. The summed E-state index contributed by atoms with van der Waals surface area (Å²) in [7, 11) is -16.4. The van der Waals surface area contributed by atoms with Crippen LogP contribution >= 0.6 is 35.2 Å². The van der Waals surface area contributed by atoms with E-state index < -0.39 is 90.5 Å². The van der Waals surface area contributed by atoms with E-state index >= 15 is 0 Å². The summed E-state index contributed by atoms with van der Waals surface area (Å²) in [6, 6.07) is 0. The number of aromatic nitrogens is 4. The number of nitrogen functional groups attached to an aromatic ring is 1. The maximum atomic E-state index is 12.6. The maximum absolute atomic E-state index is 12.6. The molecule has 0 radical (unpaired) electrons. The van der Waals surface area contributed by atoms with Crippen LogP contribution in [0.4, 0.5) is 5.82 Å². The van der Waals surface area contributed by atoms with Crippen LogP contribution in [0.3, 0.4) is 0 Å². The average Bonchev–Trinajstić information content (AvgIpc) is 3.64. The Morgan fingerprint density at radius 3 is 2.26 bits per heavy atom. The van der Waals surface area contributed by atoms with Crippen molar-refractivity contribution in [2.75, 3.05) is 37.8 Å². The number of nitrogens with zero attached hydrogens (tertiary/aromatic N) is 4. The van der Waals surface area contributed by atoms with Crippen molar-refractivity contribution in [3.8, 4) is 0 Å². The first-order valence-electron chi connectivity index (χ1n) is 16.5. The first-order valence-corrected chi connectivity index (χ1v) is 22.0. The van der Waals surface area contributed by atoms with Gasteiger partial charge in [0.05, 0.1) is 19.5 Å². The van der Waals surface area contributed by atoms with Crippen molar-refractivity contribution in [1.82, 2.24) is 30.2 Å². The lowest BCUT2D eigenvalue weighted by Gasteiger charge is -2.30. The average molecular weight is 898 g/mol. The Morgan fingerprint density at radius 2 is 1.68 bits per heavy atom. The molecular formula is C27H46N7O19P3S. The van der Waals surface area contributed by atoms with Crippen LogP contribution in [-0.4, -0.2) is 134 Å². The standard InChI is InChI=1S/C23H38N7O17P3S.C4H8O2/c1-12(31)51-7-6-25-14(32)4-5-26-21(35)18(34)23(2,3)9-44-50(41,42)47-49(39,40)43-8-13-17(46-48(36,37)38)16(33)22(45-13)30-11-29-15-19(24)27-10-28-20(15)30;1-2-3-4(5)6/h10-11,13,16-18,22,33-34H,4-9H2,1-3H3,(H,25,32)(H,26,35)(H,39,40)(H,41,42)(H2,24,27,28)(H2,36,37,38);2-3H2,1H3,(H,5,6)/t13-,16-,17-,18?,22-;/m1./s1. The van der Waals surface area contributed by atoms with Crippen molar-refractivity contribution < 1.29 is 90.4 Å². The number of anilines is 1. The third-order valence-corrected chi connectivity index (χ3v) is 11.2. The van der Waals surface area contributed by atoms with Crippen LogP contribution in [0, 0.1) is 5.41 Å². The zero-order valence-corrected chi connectivity index (χ0v) is 34.3. The van der Waals surface area contributed by atoms with E-state index in [1.807, 2.05) is 6.92 Å². The molecule has 0 spiro atoms. The molecule has 2 amide bonds. The third-order valence-electron chi connectivity index (χ3n) is 7.27. The number of aliphatic hydroxyl groups is 2. The van der Waals surface area contributed by atoms with E-state index in [0.717, 1.165) is 35.4 Å². The predicted molar refractivity (Wildman–Crippen MR) is 195 cm³/mol. The number of amides is 2. The highest BCUT2D eigenvalue weighted by Gasteiger charge is 2.50. The van der Waals surface area contributed by atoms with Crippen LogP contribution in [-0.2, 0) is 55.5 Å². The van der Waals surface area contributed by atoms with Crippen molar-refractivity contribution in [3.05, 3.63) is 12.7 Å². The number of ether oxygens (including phenoxy) is 1. The van der Waals surface area contributed by atoms with E-state index in [2.05, 4.69) is 34.4 Å². The molecule has 2 aromatic rings. The maximum Gasteiger partial charge on any atom is 0.481 e. The lowest BCUT2D eigenvalue weighted by molar-refractivity contribution is -0.137. The number of aliphatic carboxylic acids is 1. The van der Waals surface area contributed by atoms with Gasteiger partial charge in [0.2, 0.25) is 11.8 Å². The number of carbonyl (C=O) groups excluding carboxylic acids is 3. The van der Waals surface area contributed by atoms with Crippen LogP contribution in [0.5, 0.6) is 0 Å². The first kappa shape index (κ1) is 50.2. The molecule has 26 nitrogen and oxygen atoms in total. The zero-order valence-electron chi connectivity index (χ0n) is 30.8. The number of imidazole rings is 1. The molecular weight excluding hydrogens is 851 g/mol. The molecule has 3 heterocycles. The number of nitrogens with two attached hydrogens (primary N) is 1. The van der Waals surface area contributed by atoms with Gasteiger partial charge in [-0.15, -0.1) is 0 Å². The molecule has 11 N–H and O–H groups in total. The molecule has 2 aromatic heterocycles. The number of carbonyl (C=O) groups is 4. The Kier molecular flexibility index (Phi) is 19.2. The summed E-state index contributed by atoms with van der Waals surface area (Å²) in [5.41, 5.74) is 4.26. The van der Waals surface area contributed by atoms with E-state index in [1.165, 1.54) is 20.8 Å². The fourth-order valence-corrected chi connectivity index (χ4v) is 7.86.